The third-order valence-corrected chi connectivity index (χ3v) is 5.23. The van der Waals surface area contributed by atoms with Crippen molar-refractivity contribution in [2.75, 3.05) is 0 Å². The summed E-state index contributed by atoms with van der Waals surface area (Å²) in [6.45, 7) is 0.472. The number of rotatable bonds is 6. The number of carbonyl (C=O) groups is 3. The fourth-order valence-corrected chi connectivity index (χ4v) is 3.50. The molecule has 0 bridgehead atoms. The number of carboxylic acid groups (broad SMARTS) is 1. The van der Waals surface area contributed by atoms with Gasteiger partial charge in [0.15, 0.2) is 0 Å². The van der Waals surface area contributed by atoms with E-state index >= 15 is 0 Å². The Labute approximate surface area is 147 Å². The van der Waals surface area contributed by atoms with Gasteiger partial charge in [-0.05, 0) is 43.4 Å². The Morgan fingerprint density at radius 1 is 1.00 bits per heavy atom. The van der Waals surface area contributed by atoms with E-state index in [0.29, 0.717) is 24.9 Å². The summed E-state index contributed by atoms with van der Waals surface area (Å²) in [7, 11) is 0. The SMILES string of the molecule is O=C(NC1CC(C(=O)O)C1)c1ccc(CNC(=O)C2CCCC2)cc1. The fraction of sp³-hybridized carbons (Fsp3) is 0.526. The van der Waals surface area contributed by atoms with Crippen molar-refractivity contribution in [2.45, 2.75) is 51.1 Å². The topological polar surface area (TPSA) is 95.5 Å². The zero-order chi connectivity index (χ0) is 17.8. The first-order valence-corrected chi connectivity index (χ1v) is 8.93. The van der Waals surface area contributed by atoms with Gasteiger partial charge in [-0.25, -0.2) is 0 Å². The molecule has 2 saturated carbocycles. The molecule has 6 nitrogen and oxygen atoms in total. The molecule has 0 radical (unpaired) electrons. The predicted molar refractivity (Wildman–Crippen MR) is 91.9 cm³/mol. The zero-order valence-corrected chi connectivity index (χ0v) is 14.2. The zero-order valence-electron chi connectivity index (χ0n) is 14.2. The summed E-state index contributed by atoms with van der Waals surface area (Å²) in [5.74, 6) is -1.04. The van der Waals surface area contributed by atoms with E-state index < -0.39 is 5.97 Å². The van der Waals surface area contributed by atoms with E-state index in [1.165, 1.54) is 0 Å². The largest absolute Gasteiger partial charge is 0.481 e. The van der Waals surface area contributed by atoms with Gasteiger partial charge in [-0.3, -0.25) is 14.4 Å². The van der Waals surface area contributed by atoms with Crippen molar-refractivity contribution in [3.63, 3.8) is 0 Å². The summed E-state index contributed by atoms with van der Waals surface area (Å²) in [6, 6.07) is 7.09. The molecule has 0 atom stereocenters. The van der Waals surface area contributed by atoms with Crippen molar-refractivity contribution >= 4 is 17.8 Å². The van der Waals surface area contributed by atoms with Gasteiger partial charge in [-0.2, -0.15) is 0 Å². The molecule has 2 aliphatic rings. The predicted octanol–water partition coefficient (Wildman–Crippen LogP) is 2.09. The highest BCUT2D eigenvalue weighted by molar-refractivity contribution is 5.94. The highest BCUT2D eigenvalue weighted by atomic mass is 16.4. The van der Waals surface area contributed by atoms with Crippen LogP contribution in [0.1, 0.15) is 54.4 Å². The van der Waals surface area contributed by atoms with Crippen LogP contribution in [0.15, 0.2) is 24.3 Å². The van der Waals surface area contributed by atoms with E-state index in [1.807, 2.05) is 12.1 Å². The summed E-state index contributed by atoms with van der Waals surface area (Å²) in [5, 5.41) is 14.7. The molecule has 3 rings (SSSR count). The molecule has 2 amide bonds. The van der Waals surface area contributed by atoms with Crippen LogP contribution in [-0.4, -0.2) is 28.9 Å². The Balaban J connectivity index is 1.44. The van der Waals surface area contributed by atoms with Crippen molar-refractivity contribution in [1.29, 1.82) is 0 Å². The highest BCUT2D eigenvalue weighted by Gasteiger charge is 2.35. The Morgan fingerprint density at radius 2 is 1.64 bits per heavy atom. The van der Waals surface area contributed by atoms with Crippen molar-refractivity contribution in [3.8, 4) is 0 Å². The van der Waals surface area contributed by atoms with Crippen LogP contribution in [0.2, 0.25) is 0 Å². The minimum atomic E-state index is -0.797. The fourth-order valence-electron chi connectivity index (χ4n) is 3.50. The van der Waals surface area contributed by atoms with Gasteiger partial charge in [0.25, 0.3) is 5.91 Å². The molecular weight excluding hydrogens is 320 g/mol. The number of carbonyl (C=O) groups excluding carboxylic acids is 2. The molecule has 0 aliphatic heterocycles. The van der Waals surface area contributed by atoms with Gasteiger partial charge in [-0.15, -0.1) is 0 Å². The van der Waals surface area contributed by atoms with Gasteiger partial charge in [0, 0.05) is 24.1 Å². The van der Waals surface area contributed by atoms with Crippen LogP contribution >= 0.6 is 0 Å². The molecule has 0 spiro atoms. The summed E-state index contributed by atoms with van der Waals surface area (Å²) in [4.78, 5) is 34.9. The number of hydrogen-bond acceptors (Lipinski definition) is 3. The first-order chi connectivity index (χ1) is 12.0. The van der Waals surface area contributed by atoms with E-state index in [9.17, 15) is 14.4 Å². The van der Waals surface area contributed by atoms with Crippen LogP contribution in [0.4, 0.5) is 0 Å². The maximum atomic E-state index is 12.1. The Kier molecular flexibility index (Phi) is 5.36. The van der Waals surface area contributed by atoms with E-state index in [4.69, 9.17) is 5.11 Å². The number of carboxylic acids is 1. The second-order valence-electron chi connectivity index (χ2n) is 7.07. The molecule has 1 aromatic rings. The average molecular weight is 344 g/mol. The lowest BCUT2D eigenvalue weighted by Crippen LogP contribution is -2.46. The Hall–Kier alpha value is -2.37. The van der Waals surface area contributed by atoms with Gasteiger partial charge >= 0.3 is 5.97 Å². The van der Waals surface area contributed by atoms with Crippen LogP contribution in [0, 0.1) is 11.8 Å². The van der Waals surface area contributed by atoms with Crippen molar-refractivity contribution in [3.05, 3.63) is 35.4 Å². The number of hydrogen-bond donors (Lipinski definition) is 3. The van der Waals surface area contributed by atoms with Gasteiger partial charge in [0.1, 0.15) is 0 Å². The molecule has 6 heteroatoms. The van der Waals surface area contributed by atoms with Crippen LogP contribution in [0.25, 0.3) is 0 Å². The third kappa shape index (κ3) is 4.38. The van der Waals surface area contributed by atoms with E-state index in [2.05, 4.69) is 10.6 Å². The molecule has 134 valence electrons. The first-order valence-electron chi connectivity index (χ1n) is 8.93. The average Bonchev–Trinajstić information content (AvgIpc) is 3.10. The standard InChI is InChI=1S/C19H24N2O4/c22-17(13-3-1-2-4-13)20-11-12-5-7-14(8-6-12)18(23)21-16-9-15(10-16)19(24)25/h5-8,13,15-16H,1-4,9-11H2,(H,20,22)(H,21,23)(H,24,25). The maximum absolute atomic E-state index is 12.1. The minimum Gasteiger partial charge on any atom is -0.481 e. The van der Waals surface area contributed by atoms with Crippen LogP contribution in [0.5, 0.6) is 0 Å². The van der Waals surface area contributed by atoms with Crippen LogP contribution in [-0.2, 0) is 16.1 Å². The summed E-state index contributed by atoms with van der Waals surface area (Å²) >= 11 is 0. The lowest BCUT2D eigenvalue weighted by Gasteiger charge is -2.32. The smallest absolute Gasteiger partial charge is 0.306 e. The molecule has 0 unspecified atom stereocenters. The molecule has 0 heterocycles. The normalized spacial score (nSPS) is 22.9. The lowest BCUT2D eigenvalue weighted by atomic mass is 9.80. The molecule has 3 N–H and O–H groups in total. The molecule has 0 saturated heterocycles. The number of nitrogens with one attached hydrogen (secondary N) is 2. The quantitative estimate of drug-likeness (QED) is 0.736. The minimum absolute atomic E-state index is 0.0565. The molecule has 0 aromatic heterocycles. The van der Waals surface area contributed by atoms with E-state index in [1.54, 1.807) is 12.1 Å². The van der Waals surface area contributed by atoms with Crippen LogP contribution < -0.4 is 10.6 Å². The Bertz CT molecular complexity index is 644. The van der Waals surface area contributed by atoms with Gasteiger partial charge in [0.05, 0.1) is 5.92 Å². The van der Waals surface area contributed by atoms with Gasteiger partial charge in [0.2, 0.25) is 5.91 Å². The molecular formula is C19H24N2O4. The molecule has 2 aliphatic carbocycles. The van der Waals surface area contributed by atoms with Gasteiger partial charge in [-0.1, -0.05) is 25.0 Å². The van der Waals surface area contributed by atoms with Crippen LogP contribution in [0.3, 0.4) is 0 Å². The summed E-state index contributed by atoms with van der Waals surface area (Å²) in [6.07, 6.45) is 5.22. The van der Waals surface area contributed by atoms with E-state index in [0.717, 1.165) is 31.2 Å². The Morgan fingerprint density at radius 3 is 2.24 bits per heavy atom. The third-order valence-electron chi connectivity index (χ3n) is 5.23. The highest BCUT2D eigenvalue weighted by Crippen LogP contribution is 2.27. The van der Waals surface area contributed by atoms with Crippen molar-refractivity contribution in [2.24, 2.45) is 11.8 Å². The number of amides is 2. The first kappa shape index (κ1) is 17.5. The lowest BCUT2D eigenvalue weighted by molar-refractivity contribution is -0.145. The summed E-state index contributed by atoms with van der Waals surface area (Å²) < 4.78 is 0. The number of benzene rings is 1. The van der Waals surface area contributed by atoms with Crippen molar-refractivity contribution < 1.29 is 19.5 Å². The molecule has 25 heavy (non-hydrogen) atoms. The molecule has 2 fully saturated rings. The van der Waals surface area contributed by atoms with Crippen molar-refractivity contribution in [1.82, 2.24) is 10.6 Å². The second kappa shape index (κ2) is 7.68. The monoisotopic (exact) mass is 344 g/mol. The van der Waals surface area contributed by atoms with E-state index in [-0.39, 0.29) is 29.7 Å². The second-order valence-corrected chi connectivity index (χ2v) is 7.07. The van der Waals surface area contributed by atoms with Gasteiger partial charge < -0.3 is 15.7 Å². The number of aliphatic carboxylic acids is 1. The molecule has 1 aromatic carbocycles. The summed E-state index contributed by atoms with van der Waals surface area (Å²) in [5.41, 5.74) is 1.50. The maximum Gasteiger partial charge on any atom is 0.306 e.